The molecule has 0 saturated carbocycles. The summed E-state index contributed by atoms with van der Waals surface area (Å²) in [5, 5.41) is 9.90. The number of hydrogen-bond donors (Lipinski definition) is 2. The van der Waals surface area contributed by atoms with Gasteiger partial charge in [-0.2, -0.15) is 5.10 Å². The van der Waals surface area contributed by atoms with Crippen molar-refractivity contribution in [3.05, 3.63) is 18.0 Å². The summed E-state index contributed by atoms with van der Waals surface area (Å²) >= 11 is 0. The predicted octanol–water partition coefficient (Wildman–Crippen LogP) is -0.227. The zero-order valence-corrected chi connectivity index (χ0v) is 8.86. The van der Waals surface area contributed by atoms with Crippen molar-refractivity contribution in [3.8, 4) is 0 Å². The second-order valence-electron chi connectivity index (χ2n) is 3.90. The number of nitrogens with one attached hydrogen (secondary N) is 2. The summed E-state index contributed by atoms with van der Waals surface area (Å²) in [5.41, 5.74) is 0.880. The molecule has 1 amide bonds. The van der Waals surface area contributed by atoms with Crippen LogP contribution in [0.2, 0.25) is 0 Å². The first-order valence-electron chi connectivity index (χ1n) is 5.26. The molecule has 5 nitrogen and oxygen atoms in total. The minimum Gasteiger partial charge on any atom is -0.337 e. The summed E-state index contributed by atoms with van der Waals surface area (Å²) in [6, 6.07) is 2.12. The maximum atomic E-state index is 11.9. The third-order valence-electron chi connectivity index (χ3n) is 2.72. The van der Waals surface area contributed by atoms with Crippen molar-refractivity contribution in [1.82, 2.24) is 20.4 Å². The smallest absolute Gasteiger partial charge is 0.228 e. The lowest BCUT2D eigenvalue weighted by atomic mass is 10.2. The molecule has 0 aromatic carbocycles. The highest BCUT2D eigenvalue weighted by Gasteiger charge is 2.22. The lowest BCUT2D eigenvalue weighted by Crippen LogP contribution is -2.52. The third-order valence-corrected chi connectivity index (χ3v) is 2.72. The Morgan fingerprint density at radius 1 is 1.73 bits per heavy atom. The molecule has 15 heavy (non-hydrogen) atoms. The molecule has 1 aromatic rings. The zero-order valence-electron chi connectivity index (χ0n) is 8.86. The standard InChI is InChI=1S/C10H16N4O/c1-8-7-11-4-5-14(8)10(15)6-9-2-3-12-13-9/h2-3,8,11H,4-7H2,1H3,(H,12,13)/t8-/m0/s1. The van der Waals surface area contributed by atoms with Gasteiger partial charge >= 0.3 is 0 Å². The van der Waals surface area contributed by atoms with Gasteiger partial charge in [-0.3, -0.25) is 9.89 Å². The van der Waals surface area contributed by atoms with E-state index >= 15 is 0 Å². The van der Waals surface area contributed by atoms with Gasteiger partial charge in [-0.25, -0.2) is 0 Å². The molecule has 2 rings (SSSR count). The van der Waals surface area contributed by atoms with E-state index in [-0.39, 0.29) is 11.9 Å². The number of aromatic amines is 1. The number of hydrogen-bond acceptors (Lipinski definition) is 3. The van der Waals surface area contributed by atoms with Gasteiger partial charge in [0.05, 0.1) is 6.42 Å². The topological polar surface area (TPSA) is 61.0 Å². The highest BCUT2D eigenvalue weighted by Crippen LogP contribution is 2.06. The molecule has 1 saturated heterocycles. The van der Waals surface area contributed by atoms with Crippen LogP contribution in [0.3, 0.4) is 0 Å². The predicted molar refractivity (Wildman–Crippen MR) is 56.3 cm³/mol. The molecular weight excluding hydrogens is 192 g/mol. The molecule has 0 bridgehead atoms. The minimum atomic E-state index is 0.174. The van der Waals surface area contributed by atoms with Gasteiger partial charge in [0.1, 0.15) is 0 Å². The number of rotatable bonds is 2. The fourth-order valence-corrected chi connectivity index (χ4v) is 1.86. The van der Waals surface area contributed by atoms with Crippen LogP contribution in [0, 0.1) is 0 Å². The Balaban J connectivity index is 1.95. The van der Waals surface area contributed by atoms with Crippen molar-refractivity contribution in [2.45, 2.75) is 19.4 Å². The van der Waals surface area contributed by atoms with E-state index in [1.807, 2.05) is 11.0 Å². The molecular formula is C10H16N4O. The average molecular weight is 208 g/mol. The molecule has 0 unspecified atom stereocenters. The van der Waals surface area contributed by atoms with Crippen molar-refractivity contribution in [2.24, 2.45) is 0 Å². The minimum absolute atomic E-state index is 0.174. The molecule has 82 valence electrons. The van der Waals surface area contributed by atoms with Gasteiger partial charge in [0, 0.05) is 37.6 Å². The van der Waals surface area contributed by atoms with E-state index in [1.54, 1.807) is 6.20 Å². The van der Waals surface area contributed by atoms with E-state index in [9.17, 15) is 4.79 Å². The van der Waals surface area contributed by atoms with Crippen LogP contribution in [0.15, 0.2) is 12.3 Å². The number of piperazine rings is 1. The molecule has 0 aliphatic carbocycles. The monoisotopic (exact) mass is 208 g/mol. The summed E-state index contributed by atoms with van der Waals surface area (Å²) in [6.45, 7) is 4.64. The Kier molecular flexibility index (Phi) is 3.01. The number of amides is 1. The van der Waals surface area contributed by atoms with Crippen LogP contribution in [0.4, 0.5) is 0 Å². The van der Waals surface area contributed by atoms with Gasteiger partial charge in [0.25, 0.3) is 0 Å². The molecule has 1 aliphatic rings. The van der Waals surface area contributed by atoms with E-state index in [2.05, 4.69) is 22.4 Å². The second-order valence-corrected chi connectivity index (χ2v) is 3.90. The van der Waals surface area contributed by atoms with Crippen LogP contribution < -0.4 is 5.32 Å². The Morgan fingerprint density at radius 2 is 2.60 bits per heavy atom. The third kappa shape index (κ3) is 2.36. The molecule has 2 N–H and O–H groups in total. The number of H-pyrrole nitrogens is 1. The normalized spacial score (nSPS) is 21.7. The van der Waals surface area contributed by atoms with Gasteiger partial charge < -0.3 is 10.2 Å². The van der Waals surface area contributed by atoms with Gasteiger partial charge in [-0.1, -0.05) is 0 Å². The number of carbonyl (C=O) groups excluding carboxylic acids is 1. The number of carbonyl (C=O) groups is 1. The van der Waals surface area contributed by atoms with Crippen LogP contribution in [-0.4, -0.2) is 46.7 Å². The first-order chi connectivity index (χ1) is 7.27. The van der Waals surface area contributed by atoms with Gasteiger partial charge in [-0.05, 0) is 13.0 Å². The summed E-state index contributed by atoms with van der Waals surface area (Å²) in [6.07, 6.45) is 2.09. The lowest BCUT2D eigenvalue weighted by Gasteiger charge is -2.33. The fourth-order valence-electron chi connectivity index (χ4n) is 1.86. The molecule has 2 heterocycles. The highest BCUT2D eigenvalue weighted by atomic mass is 16.2. The summed E-state index contributed by atoms with van der Waals surface area (Å²) in [5.74, 6) is 0.174. The lowest BCUT2D eigenvalue weighted by molar-refractivity contribution is -0.133. The van der Waals surface area contributed by atoms with Gasteiger partial charge in [-0.15, -0.1) is 0 Å². The first-order valence-corrected chi connectivity index (χ1v) is 5.26. The maximum absolute atomic E-state index is 11.9. The largest absolute Gasteiger partial charge is 0.337 e. The Labute approximate surface area is 88.8 Å². The van der Waals surface area contributed by atoms with Gasteiger partial charge in [0.2, 0.25) is 5.91 Å². The van der Waals surface area contributed by atoms with E-state index in [1.165, 1.54) is 0 Å². The summed E-state index contributed by atoms with van der Waals surface area (Å²) in [7, 11) is 0. The molecule has 1 fully saturated rings. The van der Waals surface area contributed by atoms with Crippen molar-refractivity contribution < 1.29 is 4.79 Å². The summed E-state index contributed by atoms with van der Waals surface area (Å²) < 4.78 is 0. The number of nitrogens with zero attached hydrogens (tertiary/aromatic N) is 2. The van der Waals surface area contributed by atoms with Crippen LogP contribution in [0.1, 0.15) is 12.6 Å². The Bertz CT molecular complexity index is 322. The molecule has 1 aliphatic heterocycles. The molecule has 0 spiro atoms. The van der Waals surface area contributed by atoms with Crippen LogP contribution in [0.25, 0.3) is 0 Å². The van der Waals surface area contributed by atoms with E-state index in [0.29, 0.717) is 6.42 Å². The maximum Gasteiger partial charge on any atom is 0.228 e. The first kappa shape index (κ1) is 10.2. The SMILES string of the molecule is C[C@H]1CNCCN1C(=O)Cc1ccn[nH]1. The fraction of sp³-hybridized carbons (Fsp3) is 0.600. The molecule has 1 atom stereocenters. The van der Waals surface area contributed by atoms with Crippen molar-refractivity contribution in [2.75, 3.05) is 19.6 Å². The molecule has 1 aromatic heterocycles. The Hall–Kier alpha value is -1.36. The highest BCUT2D eigenvalue weighted by molar-refractivity contribution is 5.78. The van der Waals surface area contributed by atoms with Crippen LogP contribution >= 0.6 is 0 Å². The van der Waals surface area contributed by atoms with Crippen LogP contribution in [0.5, 0.6) is 0 Å². The molecule has 0 radical (unpaired) electrons. The van der Waals surface area contributed by atoms with E-state index in [0.717, 1.165) is 25.3 Å². The zero-order chi connectivity index (χ0) is 10.7. The average Bonchev–Trinajstić information content (AvgIpc) is 2.71. The quantitative estimate of drug-likeness (QED) is 0.706. The molecule has 5 heteroatoms. The van der Waals surface area contributed by atoms with E-state index in [4.69, 9.17) is 0 Å². The van der Waals surface area contributed by atoms with Crippen molar-refractivity contribution in [1.29, 1.82) is 0 Å². The van der Waals surface area contributed by atoms with Crippen LogP contribution in [-0.2, 0) is 11.2 Å². The summed E-state index contributed by atoms with van der Waals surface area (Å²) in [4.78, 5) is 13.9. The Morgan fingerprint density at radius 3 is 3.27 bits per heavy atom. The number of aromatic nitrogens is 2. The van der Waals surface area contributed by atoms with Gasteiger partial charge in [0.15, 0.2) is 0 Å². The van der Waals surface area contributed by atoms with Crippen molar-refractivity contribution in [3.63, 3.8) is 0 Å². The van der Waals surface area contributed by atoms with Crippen molar-refractivity contribution >= 4 is 5.91 Å². The van der Waals surface area contributed by atoms with E-state index < -0.39 is 0 Å². The second kappa shape index (κ2) is 4.44.